The Balaban J connectivity index is 2.20. The Morgan fingerprint density at radius 1 is 1.20 bits per heavy atom. The minimum Gasteiger partial charge on any atom is -0.489 e. The van der Waals surface area contributed by atoms with Crippen LogP contribution in [-0.4, -0.2) is 11.1 Å². The number of carbonyl (C=O) groups is 1. The molecule has 0 saturated carbocycles. The van der Waals surface area contributed by atoms with E-state index in [1.165, 1.54) is 12.1 Å². The summed E-state index contributed by atoms with van der Waals surface area (Å²) in [7, 11) is 0. The molecule has 0 unspecified atom stereocenters. The minimum atomic E-state index is -0.990. The van der Waals surface area contributed by atoms with E-state index in [1.807, 2.05) is 6.92 Å². The third kappa shape index (κ3) is 3.44. The molecule has 0 fully saturated rings. The van der Waals surface area contributed by atoms with Crippen molar-refractivity contribution in [3.05, 3.63) is 63.1 Å². The first-order valence-electron chi connectivity index (χ1n) is 5.88. The zero-order valence-corrected chi connectivity index (χ0v) is 12.2. The summed E-state index contributed by atoms with van der Waals surface area (Å²) in [6.07, 6.45) is 0. The lowest BCUT2D eigenvalue weighted by atomic mass is 10.1. The largest absolute Gasteiger partial charge is 0.489 e. The first-order chi connectivity index (χ1) is 9.47. The molecule has 0 aliphatic carbocycles. The highest BCUT2D eigenvalue weighted by atomic mass is 35.5. The van der Waals surface area contributed by atoms with Gasteiger partial charge in [-0.05, 0) is 42.8 Å². The molecule has 1 N–H and O–H groups in total. The molecule has 0 heterocycles. The summed E-state index contributed by atoms with van der Waals surface area (Å²) in [5.74, 6) is -0.475. The van der Waals surface area contributed by atoms with E-state index in [0.717, 1.165) is 11.1 Å². The third-order valence-corrected chi connectivity index (χ3v) is 3.43. The molecule has 0 aliphatic rings. The van der Waals surface area contributed by atoms with Gasteiger partial charge in [-0.15, -0.1) is 0 Å². The number of halogens is 2. The Morgan fingerprint density at radius 2 is 1.95 bits per heavy atom. The van der Waals surface area contributed by atoms with Crippen LogP contribution in [0.15, 0.2) is 36.4 Å². The molecule has 0 spiro atoms. The van der Waals surface area contributed by atoms with E-state index >= 15 is 0 Å². The van der Waals surface area contributed by atoms with Gasteiger partial charge < -0.3 is 9.84 Å². The van der Waals surface area contributed by atoms with Crippen molar-refractivity contribution in [3.63, 3.8) is 0 Å². The Kier molecular flexibility index (Phi) is 4.53. The summed E-state index contributed by atoms with van der Waals surface area (Å²) in [5, 5.41) is 10.1. The SMILES string of the molecule is Cc1ccc(C(=O)O)cc1OCc1cc(Cl)ccc1Cl. The molecule has 0 atom stereocenters. The lowest BCUT2D eigenvalue weighted by molar-refractivity contribution is 0.0696. The molecule has 2 aromatic rings. The van der Waals surface area contributed by atoms with E-state index in [9.17, 15) is 4.79 Å². The molecule has 5 heteroatoms. The van der Waals surface area contributed by atoms with Crippen molar-refractivity contribution in [1.82, 2.24) is 0 Å². The van der Waals surface area contributed by atoms with Gasteiger partial charge >= 0.3 is 5.97 Å². The van der Waals surface area contributed by atoms with Crippen LogP contribution in [0, 0.1) is 6.92 Å². The number of rotatable bonds is 4. The van der Waals surface area contributed by atoms with Crippen molar-refractivity contribution in [1.29, 1.82) is 0 Å². The van der Waals surface area contributed by atoms with Gasteiger partial charge in [-0.25, -0.2) is 4.79 Å². The number of benzene rings is 2. The first-order valence-corrected chi connectivity index (χ1v) is 6.63. The fourth-order valence-corrected chi connectivity index (χ4v) is 2.06. The third-order valence-electron chi connectivity index (χ3n) is 2.83. The van der Waals surface area contributed by atoms with E-state index in [-0.39, 0.29) is 12.2 Å². The van der Waals surface area contributed by atoms with E-state index in [1.54, 1.807) is 24.3 Å². The normalized spacial score (nSPS) is 10.3. The molecule has 0 radical (unpaired) electrons. The molecule has 0 bridgehead atoms. The van der Waals surface area contributed by atoms with E-state index < -0.39 is 5.97 Å². The molecular formula is C15H12Cl2O3. The van der Waals surface area contributed by atoms with Gasteiger partial charge in [0, 0.05) is 15.6 Å². The fraction of sp³-hybridized carbons (Fsp3) is 0.133. The molecule has 0 aliphatic heterocycles. The molecule has 2 rings (SSSR count). The predicted octanol–water partition coefficient (Wildman–Crippen LogP) is 4.58. The second-order valence-electron chi connectivity index (χ2n) is 4.31. The average molecular weight is 311 g/mol. The van der Waals surface area contributed by atoms with Crippen LogP contribution < -0.4 is 4.74 Å². The first kappa shape index (κ1) is 14.7. The van der Waals surface area contributed by atoms with Gasteiger partial charge in [-0.3, -0.25) is 0 Å². The van der Waals surface area contributed by atoms with Gasteiger partial charge in [0.05, 0.1) is 5.56 Å². The molecule has 0 saturated heterocycles. The second kappa shape index (κ2) is 6.16. The molecular weight excluding hydrogens is 299 g/mol. The quantitative estimate of drug-likeness (QED) is 0.899. The summed E-state index contributed by atoms with van der Waals surface area (Å²) < 4.78 is 5.64. The van der Waals surface area contributed by atoms with Crippen molar-refractivity contribution in [2.45, 2.75) is 13.5 Å². The summed E-state index contributed by atoms with van der Waals surface area (Å²) in [6.45, 7) is 2.07. The summed E-state index contributed by atoms with van der Waals surface area (Å²) >= 11 is 12.0. The fourth-order valence-electron chi connectivity index (χ4n) is 1.70. The van der Waals surface area contributed by atoms with Gasteiger partial charge in [-0.2, -0.15) is 0 Å². The molecule has 20 heavy (non-hydrogen) atoms. The minimum absolute atomic E-state index is 0.183. The second-order valence-corrected chi connectivity index (χ2v) is 5.15. The Labute approximate surface area is 126 Å². The predicted molar refractivity (Wildman–Crippen MR) is 78.9 cm³/mol. The maximum Gasteiger partial charge on any atom is 0.335 e. The number of carboxylic acids is 1. The van der Waals surface area contributed by atoms with Crippen molar-refractivity contribution >= 4 is 29.2 Å². The molecule has 2 aromatic carbocycles. The van der Waals surface area contributed by atoms with Crippen molar-refractivity contribution in [3.8, 4) is 5.75 Å². The van der Waals surface area contributed by atoms with Gasteiger partial charge in [0.1, 0.15) is 12.4 Å². The van der Waals surface area contributed by atoms with Crippen LogP contribution in [0.5, 0.6) is 5.75 Å². The standard InChI is InChI=1S/C15H12Cl2O3/c1-9-2-3-10(15(18)19)7-14(9)20-8-11-6-12(16)4-5-13(11)17/h2-7H,8H2,1H3,(H,18,19). The highest BCUT2D eigenvalue weighted by molar-refractivity contribution is 6.33. The molecule has 0 amide bonds. The maximum atomic E-state index is 10.9. The summed E-state index contributed by atoms with van der Waals surface area (Å²) in [6, 6.07) is 9.86. The number of hydrogen-bond donors (Lipinski definition) is 1. The number of aromatic carboxylic acids is 1. The van der Waals surface area contributed by atoms with Crippen molar-refractivity contribution in [2.75, 3.05) is 0 Å². The lowest BCUT2D eigenvalue weighted by Gasteiger charge is -2.11. The summed E-state index contributed by atoms with van der Waals surface area (Å²) in [5.41, 5.74) is 1.79. The highest BCUT2D eigenvalue weighted by Gasteiger charge is 2.08. The van der Waals surface area contributed by atoms with Gasteiger partial charge in [0.2, 0.25) is 0 Å². The van der Waals surface area contributed by atoms with Crippen LogP contribution in [0.2, 0.25) is 10.0 Å². The van der Waals surface area contributed by atoms with Crippen molar-refractivity contribution < 1.29 is 14.6 Å². The maximum absolute atomic E-state index is 10.9. The van der Waals surface area contributed by atoms with Gasteiger partial charge in [-0.1, -0.05) is 29.3 Å². The smallest absolute Gasteiger partial charge is 0.335 e. The Hall–Kier alpha value is -1.71. The molecule has 3 nitrogen and oxygen atoms in total. The van der Waals surface area contributed by atoms with Crippen LogP contribution in [0.1, 0.15) is 21.5 Å². The summed E-state index contributed by atoms with van der Waals surface area (Å²) in [4.78, 5) is 10.9. The van der Waals surface area contributed by atoms with Crippen LogP contribution in [0.3, 0.4) is 0 Å². The Bertz CT molecular complexity index is 654. The van der Waals surface area contributed by atoms with Crippen LogP contribution in [0.25, 0.3) is 0 Å². The topological polar surface area (TPSA) is 46.5 Å². The number of carboxylic acid groups (broad SMARTS) is 1. The van der Waals surface area contributed by atoms with E-state index in [4.69, 9.17) is 33.0 Å². The monoisotopic (exact) mass is 310 g/mol. The van der Waals surface area contributed by atoms with Gasteiger partial charge in [0.15, 0.2) is 0 Å². The lowest BCUT2D eigenvalue weighted by Crippen LogP contribution is -2.01. The van der Waals surface area contributed by atoms with E-state index in [0.29, 0.717) is 15.8 Å². The molecule has 0 aromatic heterocycles. The number of aryl methyl sites for hydroxylation is 1. The zero-order valence-electron chi connectivity index (χ0n) is 10.7. The average Bonchev–Trinajstić information content (AvgIpc) is 2.41. The van der Waals surface area contributed by atoms with E-state index in [2.05, 4.69) is 0 Å². The number of ether oxygens (including phenoxy) is 1. The van der Waals surface area contributed by atoms with Crippen LogP contribution in [-0.2, 0) is 6.61 Å². The highest BCUT2D eigenvalue weighted by Crippen LogP contribution is 2.25. The Morgan fingerprint density at radius 3 is 2.65 bits per heavy atom. The van der Waals surface area contributed by atoms with Crippen LogP contribution >= 0.6 is 23.2 Å². The van der Waals surface area contributed by atoms with Crippen LogP contribution in [0.4, 0.5) is 0 Å². The number of hydrogen-bond acceptors (Lipinski definition) is 2. The zero-order chi connectivity index (χ0) is 14.7. The molecule has 104 valence electrons. The van der Waals surface area contributed by atoms with Crippen molar-refractivity contribution in [2.24, 2.45) is 0 Å². The van der Waals surface area contributed by atoms with Gasteiger partial charge in [0.25, 0.3) is 0 Å².